The number of hydrogen-bond acceptors (Lipinski definition) is 5. The van der Waals surface area contributed by atoms with Gasteiger partial charge in [-0.2, -0.15) is 0 Å². The molecule has 0 aliphatic rings. The van der Waals surface area contributed by atoms with Crippen LogP contribution in [-0.4, -0.2) is 28.9 Å². The standard InChI is InChI=1S/C20H26N2O4/c1-14-11-21-18(10-16(14)13-23)22(19(24)26-20(2,3)4)12-15-6-8-17(25-5)9-7-15/h6-11,23H,12-13H2,1-5H3. The zero-order valence-corrected chi connectivity index (χ0v) is 15.9. The van der Waals surface area contributed by atoms with Crippen LogP contribution in [0.2, 0.25) is 0 Å². The number of carbonyl (C=O) groups excluding carboxylic acids is 1. The van der Waals surface area contributed by atoms with Crippen molar-refractivity contribution in [2.75, 3.05) is 12.0 Å². The van der Waals surface area contributed by atoms with Gasteiger partial charge < -0.3 is 14.6 Å². The number of anilines is 1. The number of rotatable bonds is 5. The first-order chi connectivity index (χ1) is 12.2. The van der Waals surface area contributed by atoms with Crippen LogP contribution in [0.5, 0.6) is 5.75 Å². The summed E-state index contributed by atoms with van der Waals surface area (Å²) in [5.74, 6) is 1.18. The lowest BCUT2D eigenvalue weighted by Gasteiger charge is -2.27. The molecule has 2 rings (SSSR count). The molecule has 26 heavy (non-hydrogen) atoms. The van der Waals surface area contributed by atoms with E-state index in [-0.39, 0.29) is 6.61 Å². The number of ether oxygens (including phenoxy) is 2. The highest BCUT2D eigenvalue weighted by atomic mass is 16.6. The summed E-state index contributed by atoms with van der Waals surface area (Å²) in [5, 5.41) is 9.52. The molecule has 0 aliphatic carbocycles. The van der Waals surface area contributed by atoms with Crippen molar-refractivity contribution in [1.82, 2.24) is 4.98 Å². The molecule has 0 saturated heterocycles. The molecule has 1 amide bonds. The molecule has 0 unspecified atom stereocenters. The van der Waals surface area contributed by atoms with E-state index in [4.69, 9.17) is 9.47 Å². The summed E-state index contributed by atoms with van der Waals surface area (Å²) in [5.41, 5.74) is 1.87. The van der Waals surface area contributed by atoms with Crippen molar-refractivity contribution in [2.24, 2.45) is 0 Å². The number of pyridine rings is 1. The molecular formula is C20H26N2O4. The van der Waals surface area contributed by atoms with Crippen LogP contribution in [0.25, 0.3) is 0 Å². The smallest absolute Gasteiger partial charge is 0.416 e. The van der Waals surface area contributed by atoms with Crippen LogP contribution in [0.15, 0.2) is 36.5 Å². The van der Waals surface area contributed by atoms with Gasteiger partial charge in [-0.3, -0.25) is 4.90 Å². The molecule has 0 aliphatic heterocycles. The molecule has 0 bridgehead atoms. The number of benzene rings is 1. The quantitative estimate of drug-likeness (QED) is 0.879. The van der Waals surface area contributed by atoms with Crippen LogP contribution < -0.4 is 9.64 Å². The predicted octanol–water partition coefficient (Wildman–Crippen LogP) is 3.83. The van der Waals surface area contributed by atoms with Crippen molar-refractivity contribution >= 4 is 11.9 Å². The Kier molecular flexibility index (Phi) is 6.21. The third-order valence-electron chi connectivity index (χ3n) is 3.76. The third kappa shape index (κ3) is 5.20. The minimum atomic E-state index is -0.625. The molecule has 6 heteroatoms. The van der Waals surface area contributed by atoms with E-state index < -0.39 is 11.7 Å². The Bertz CT molecular complexity index is 751. The SMILES string of the molecule is COc1ccc(CN(C(=O)OC(C)(C)C)c2cc(CO)c(C)cn2)cc1. The molecule has 0 saturated carbocycles. The average Bonchev–Trinajstić information content (AvgIpc) is 2.59. The summed E-state index contributed by atoms with van der Waals surface area (Å²) in [7, 11) is 1.61. The van der Waals surface area contributed by atoms with Gasteiger partial charge in [0.05, 0.1) is 20.3 Å². The first-order valence-corrected chi connectivity index (χ1v) is 8.43. The molecule has 1 heterocycles. The van der Waals surface area contributed by atoms with Crippen LogP contribution in [0.3, 0.4) is 0 Å². The summed E-state index contributed by atoms with van der Waals surface area (Å²) < 4.78 is 10.7. The minimum absolute atomic E-state index is 0.119. The second kappa shape index (κ2) is 8.19. The predicted molar refractivity (Wildman–Crippen MR) is 100 cm³/mol. The van der Waals surface area contributed by atoms with Crippen LogP contribution in [-0.2, 0) is 17.9 Å². The van der Waals surface area contributed by atoms with E-state index in [1.54, 1.807) is 19.4 Å². The van der Waals surface area contributed by atoms with Gasteiger partial charge in [-0.1, -0.05) is 12.1 Å². The number of nitrogens with zero attached hydrogens (tertiary/aromatic N) is 2. The Balaban J connectivity index is 2.36. The number of carbonyl (C=O) groups is 1. The maximum atomic E-state index is 12.7. The molecule has 1 N–H and O–H groups in total. The van der Waals surface area contributed by atoms with Gasteiger partial charge in [-0.25, -0.2) is 9.78 Å². The maximum Gasteiger partial charge on any atom is 0.416 e. The second-order valence-electron chi connectivity index (χ2n) is 7.04. The highest BCUT2D eigenvalue weighted by Gasteiger charge is 2.25. The number of hydrogen-bond donors (Lipinski definition) is 1. The van der Waals surface area contributed by atoms with E-state index in [9.17, 15) is 9.90 Å². The zero-order valence-electron chi connectivity index (χ0n) is 15.9. The summed E-state index contributed by atoms with van der Waals surface area (Å²) in [6.07, 6.45) is 1.15. The molecule has 0 spiro atoms. The molecule has 0 atom stereocenters. The number of aliphatic hydroxyl groups is 1. The zero-order chi connectivity index (χ0) is 19.3. The van der Waals surface area contributed by atoms with E-state index in [0.29, 0.717) is 12.4 Å². The van der Waals surface area contributed by atoms with Gasteiger partial charge in [-0.05, 0) is 62.6 Å². The second-order valence-corrected chi connectivity index (χ2v) is 7.04. The Morgan fingerprint density at radius 2 is 1.88 bits per heavy atom. The van der Waals surface area contributed by atoms with Crippen molar-refractivity contribution in [1.29, 1.82) is 0 Å². The van der Waals surface area contributed by atoms with Gasteiger partial charge in [0.15, 0.2) is 0 Å². The molecule has 6 nitrogen and oxygen atoms in total. The van der Waals surface area contributed by atoms with Crippen molar-refractivity contribution in [3.05, 3.63) is 53.2 Å². The van der Waals surface area contributed by atoms with Crippen LogP contribution in [0, 0.1) is 6.92 Å². The minimum Gasteiger partial charge on any atom is -0.497 e. The van der Waals surface area contributed by atoms with E-state index in [1.807, 2.05) is 52.0 Å². The molecular weight excluding hydrogens is 332 g/mol. The number of aliphatic hydroxyl groups excluding tert-OH is 1. The van der Waals surface area contributed by atoms with Gasteiger partial charge >= 0.3 is 6.09 Å². The summed E-state index contributed by atoms with van der Waals surface area (Å²) in [6, 6.07) is 9.16. The topological polar surface area (TPSA) is 71.9 Å². The number of amides is 1. The van der Waals surface area contributed by atoms with Gasteiger partial charge in [-0.15, -0.1) is 0 Å². The third-order valence-corrected chi connectivity index (χ3v) is 3.76. The van der Waals surface area contributed by atoms with Crippen LogP contribution >= 0.6 is 0 Å². The summed E-state index contributed by atoms with van der Waals surface area (Å²) in [6.45, 7) is 7.49. The van der Waals surface area contributed by atoms with Crippen molar-refractivity contribution in [2.45, 2.75) is 46.4 Å². The first-order valence-electron chi connectivity index (χ1n) is 8.43. The Morgan fingerprint density at radius 3 is 2.42 bits per heavy atom. The van der Waals surface area contributed by atoms with E-state index >= 15 is 0 Å². The lowest BCUT2D eigenvalue weighted by molar-refractivity contribution is 0.0576. The summed E-state index contributed by atoms with van der Waals surface area (Å²) in [4.78, 5) is 18.6. The van der Waals surface area contributed by atoms with E-state index in [2.05, 4.69) is 4.98 Å². The molecule has 0 radical (unpaired) electrons. The lowest BCUT2D eigenvalue weighted by Crippen LogP contribution is -2.37. The number of aryl methyl sites for hydroxylation is 1. The van der Waals surface area contributed by atoms with Crippen molar-refractivity contribution < 1.29 is 19.4 Å². The largest absolute Gasteiger partial charge is 0.497 e. The van der Waals surface area contributed by atoms with Crippen LogP contribution in [0.1, 0.15) is 37.5 Å². The van der Waals surface area contributed by atoms with Crippen molar-refractivity contribution in [3.63, 3.8) is 0 Å². The fourth-order valence-electron chi connectivity index (χ4n) is 2.34. The van der Waals surface area contributed by atoms with Crippen LogP contribution in [0.4, 0.5) is 10.6 Å². The van der Waals surface area contributed by atoms with Crippen molar-refractivity contribution in [3.8, 4) is 5.75 Å². The molecule has 2 aromatic rings. The molecule has 0 fully saturated rings. The summed E-state index contributed by atoms with van der Waals surface area (Å²) >= 11 is 0. The Hall–Kier alpha value is -2.60. The Labute approximate surface area is 154 Å². The normalized spacial score (nSPS) is 11.2. The molecule has 1 aromatic heterocycles. The highest BCUT2D eigenvalue weighted by molar-refractivity contribution is 5.86. The number of aromatic nitrogens is 1. The van der Waals surface area contributed by atoms with Gasteiger partial charge in [0.1, 0.15) is 17.2 Å². The first kappa shape index (κ1) is 19.7. The maximum absolute atomic E-state index is 12.7. The average molecular weight is 358 g/mol. The monoisotopic (exact) mass is 358 g/mol. The van der Waals surface area contributed by atoms with Gasteiger partial charge in [0, 0.05) is 6.20 Å². The fourth-order valence-corrected chi connectivity index (χ4v) is 2.34. The molecule has 140 valence electrons. The Morgan fingerprint density at radius 1 is 1.23 bits per heavy atom. The number of methoxy groups -OCH3 is 1. The van der Waals surface area contributed by atoms with E-state index in [1.165, 1.54) is 4.90 Å². The molecule has 1 aromatic carbocycles. The fraction of sp³-hybridized carbons (Fsp3) is 0.400. The lowest BCUT2D eigenvalue weighted by atomic mass is 10.1. The van der Waals surface area contributed by atoms with E-state index in [0.717, 1.165) is 22.4 Å². The highest BCUT2D eigenvalue weighted by Crippen LogP contribution is 2.22. The van der Waals surface area contributed by atoms with Gasteiger partial charge in [0.2, 0.25) is 0 Å². The van der Waals surface area contributed by atoms with Gasteiger partial charge in [0.25, 0.3) is 0 Å².